The molecule has 0 aromatic carbocycles. The molecule has 1 aliphatic heterocycles. The lowest BCUT2D eigenvalue weighted by Crippen LogP contribution is -2.54. The molecule has 1 heterocycles. The molecule has 2 aliphatic rings. The van der Waals surface area contributed by atoms with E-state index in [9.17, 15) is 0 Å². The maximum Gasteiger partial charge on any atom is 0.0195 e. The van der Waals surface area contributed by atoms with Crippen LogP contribution in [0.3, 0.4) is 0 Å². The van der Waals surface area contributed by atoms with Gasteiger partial charge in [0.05, 0.1) is 0 Å². The van der Waals surface area contributed by atoms with Crippen LogP contribution in [-0.4, -0.2) is 60.6 Å². The predicted octanol–water partition coefficient (Wildman–Crippen LogP) is 1.93. The first-order valence-electron chi connectivity index (χ1n) is 7.92. The molecule has 3 nitrogen and oxygen atoms in total. The molecule has 1 aliphatic carbocycles. The molecule has 1 N–H and O–H groups in total. The zero-order chi connectivity index (χ0) is 13.0. The smallest absolute Gasteiger partial charge is 0.0195 e. The van der Waals surface area contributed by atoms with Gasteiger partial charge in [0.1, 0.15) is 0 Å². The quantitative estimate of drug-likeness (QED) is 0.700. The third kappa shape index (κ3) is 4.22. The van der Waals surface area contributed by atoms with Crippen molar-refractivity contribution >= 4 is 0 Å². The molecule has 0 spiro atoms. The Hall–Kier alpha value is -0.120. The standard InChI is InChI=1S/C15H31N3/c1-4-17-10-11-18(12-14(17)3)13(2)6-5-9-16-15-7-8-15/h13-16H,4-12H2,1-3H3. The normalized spacial score (nSPS) is 28.5. The van der Waals surface area contributed by atoms with Gasteiger partial charge in [-0.1, -0.05) is 6.92 Å². The Balaban J connectivity index is 1.60. The fourth-order valence-corrected chi connectivity index (χ4v) is 3.07. The maximum absolute atomic E-state index is 3.61. The second-order valence-corrected chi connectivity index (χ2v) is 6.19. The Bertz CT molecular complexity index is 240. The third-order valence-corrected chi connectivity index (χ3v) is 4.64. The van der Waals surface area contributed by atoms with E-state index in [1.807, 2.05) is 0 Å². The van der Waals surface area contributed by atoms with Crippen molar-refractivity contribution in [3.05, 3.63) is 0 Å². The summed E-state index contributed by atoms with van der Waals surface area (Å²) < 4.78 is 0. The summed E-state index contributed by atoms with van der Waals surface area (Å²) in [4.78, 5) is 5.28. The van der Waals surface area contributed by atoms with E-state index in [0.29, 0.717) is 0 Å². The van der Waals surface area contributed by atoms with Gasteiger partial charge in [-0.05, 0) is 52.6 Å². The third-order valence-electron chi connectivity index (χ3n) is 4.64. The van der Waals surface area contributed by atoms with E-state index in [4.69, 9.17) is 0 Å². The van der Waals surface area contributed by atoms with Gasteiger partial charge in [-0.15, -0.1) is 0 Å². The first-order valence-corrected chi connectivity index (χ1v) is 7.92. The Labute approximate surface area is 113 Å². The van der Waals surface area contributed by atoms with Crippen molar-refractivity contribution in [1.82, 2.24) is 15.1 Å². The van der Waals surface area contributed by atoms with Gasteiger partial charge in [0.25, 0.3) is 0 Å². The highest BCUT2D eigenvalue weighted by Crippen LogP contribution is 2.19. The second-order valence-electron chi connectivity index (χ2n) is 6.19. The lowest BCUT2D eigenvalue weighted by molar-refractivity contribution is 0.0607. The monoisotopic (exact) mass is 253 g/mol. The van der Waals surface area contributed by atoms with Crippen molar-refractivity contribution in [2.45, 2.75) is 64.6 Å². The van der Waals surface area contributed by atoms with E-state index >= 15 is 0 Å². The number of likely N-dealkylation sites (N-methyl/N-ethyl adjacent to an activating group) is 1. The van der Waals surface area contributed by atoms with Crippen LogP contribution in [0.15, 0.2) is 0 Å². The largest absolute Gasteiger partial charge is 0.314 e. The molecule has 2 fully saturated rings. The molecule has 3 heteroatoms. The predicted molar refractivity (Wildman–Crippen MR) is 78.0 cm³/mol. The van der Waals surface area contributed by atoms with E-state index < -0.39 is 0 Å². The van der Waals surface area contributed by atoms with Crippen molar-refractivity contribution in [3.63, 3.8) is 0 Å². The molecule has 0 radical (unpaired) electrons. The lowest BCUT2D eigenvalue weighted by Gasteiger charge is -2.42. The average molecular weight is 253 g/mol. The van der Waals surface area contributed by atoms with E-state index in [2.05, 4.69) is 35.9 Å². The van der Waals surface area contributed by atoms with Gasteiger partial charge >= 0.3 is 0 Å². The summed E-state index contributed by atoms with van der Waals surface area (Å²) in [7, 11) is 0. The fraction of sp³-hybridized carbons (Fsp3) is 1.00. The van der Waals surface area contributed by atoms with E-state index in [1.165, 1.54) is 58.4 Å². The molecule has 1 saturated heterocycles. The molecule has 2 atom stereocenters. The molecule has 2 rings (SSSR count). The van der Waals surface area contributed by atoms with Crippen LogP contribution in [-0.2, 0) is 0 Å². The number of hydrogen-bond acceptors (Lipinski definition) is 3. The van der Waals surface area contributed by atoms with Crippen molar-refractivity contribution < 1.29 is 0 Å². The van der Waals surface area contributed by atoms with Crippen LogP contribution in [0.25, 0.3) is 0 Å². The Kier molecular flexibility index (Phi) is 5.46. The minimum Gasteiger partial charge on any atom is -0.314 e. The van der Waals surface area contributed by atoms with Gasteiger partial charge in [-0.25, -0.2) is 0 Å². The summed E-state index contributed by atoms with van der Waals surface area (Å²) >= 11 is 0. The minimum atomic E-state index is 0.732. The van der Waals surface area contributed by atoms with Crippen LogP contribution in [0, 0.1) is 0 Å². The van der Waals surface area contributed by atoms with Crippen molar-refractivity contribution in [3.8, 4) is 0 Å². The molecule has 0 amide bonds. The van der Waals surface area contributed by atoms with Gasteiger partial charge in [-0.2, -0.15) is 0 Å². The fourth-order valence-electron chi connectivity index (χ4n) is 3.07. The van der Waals surface area contributed by atoms with Crippen LogP contribution in [0.4, 0.5) is 0 Å². The van der Waals surface area contributed by atoms with Gasteiger partial charge in [0.2, 0.25) is 0 Å². The summed E-state index contributed by atoms with van der Waals surface area (Å²) in [6.45, 7) is 13.2. The highest BCUT2D eigenvalue weighted by molar-refractivity contribution is 4.83. The Morgan fingerprint density at radius 2 is 2.06 bits per heavy atom. The highest BCUT2D eigenvalue weighted by Gasteiger charge is 2.25. The molecule has 0 aromatic heterocycles. The first kappa shape index (κ1) is 14.3. The van der Waals surface area contributed by atoms with Crippen molar-refractivity contribution in [2.75, 3.05) is 32.7 Å². The first-order chi connectivity index (χ1) is 8.70. The van der Waals surface area contributed by atoms with Crippen LogP contribution in [0.1, 0.15) is 46.5 Å². The number of piperazine rings is 1. The molecule has 2 unspecified atom stereocenters. The lowest BCUT2D eigenvalue weighted by atomic mass is 10.1. The Morgan fingerprint density at radius 1 is 1.28 bits per heavy atom. The Morgan fingerprint density at radius 3 is 2.67 bits per heavy atom. The SMILES string of the molecule is CCN1CCN(C(C)CCCNC2CC2)CC1C. The molecular formula is C15H31N3. The van der Waals surface area contributed by atoms with Crippen molar-refractivity contribution in [2.24, 2.45) is 0 Å². The van der Waals surface area contributed by atoms with Gasteiger partial charge < -0.3 is 5.32 Å². The molecular weight excluding hydrogens is 222 g/mol. The zero-order valence-electron chi connectivity index (χ0n) is 12.5. The second kappa shape index (κ2) is 6.88. The van der Waals surface area contributed by atoms with Crippen LogP contribution >= 0.6 is 0 Å². The number of nitrogens with one attached hydrogen (secondary N) is 1. The van der Waals surface area contributed by atoms with Crippen LogP contribution in [0.5, 0.6) is 0 Å². The highest BCUT2D eigenvalue weighted by atomic mass is 15.3. The summed E-state index contributed by atoms with van der Waals surface area (Å²) in [5.41, 5.74) is 0. The zero-order valence-corrected chi connectivity index (χ0v) is 12.5. The van der Waals surface area contributed by atoms with E-state index in [0.717, 1.165) is 18.1 Å². The molecule has 0 bridgehead atoms. The number of nitrogens with zero attached hydrogens (tertiary/aromatic N) is 2. The summed E-state index contributed by atoms with van der Waals surface area (Å²) in [5, 5.41) is 3.61. The maximum atomic E-state index is 3.61. The van der Waals surface area contributed by atoms with Crippen molar-refractivity contribution in [1.29, 1.82) is 0 Å². The van der Waals surface area contributed by atoms with Crippen LogP contribution in [0.2, 0.25) is 0 Å². The molecule has 106 valence electrons. The van der Waals surface area contributed by atoms with E-state index in [1.54, 1.807) is 0 Å². The molecule has 0 aromatic rings. The van der Waals surface area contributed by atoms with Crippen LogP contribution < -0.4 is 5.32 Å². The summed E-state index contributed by atoms with van der Waals surface area (Å²) in [6, 6.07) is 2.36. The number of hydrogen-bond donors (Lipinski definition) is 1. The molecule has 1 saturated carbocycles. The topological polar surface area (TPSA) is 18.5 Å². The number of rotatable bonds is 7. The minimum absolute atomic E-state index is 0.732. The summed E-state index contributed by atoms with van der Waals surface area (Å²) in [5.74, 6) is 0. The van der Waals surface area contributed by atoms with Gasteiger partial charge in [-0.3, -0.25) is 9.80 Å². The van der Waals surface area contributed by atoms with Gasteiger partial charge in [0, 0.05) is 37.8 Å². The summed E-state index contributed by atoms with van der Waals surface area (Å²) in [6.07, 6.45) is 5.50. The van der Waals surface area contributed by atoms with E-state index in [-0.39, 0.29) is 0 Å². The molecule has 18 heavy (non-hydrogen) atoms. The average Bonchev–Trinajstić information content (AvgIpc) is 3.18. The van der Waals surface area contributed by atoms with Gasteiger partial charge in [0.15, 0.2) is 0 Å².